The third-order valence-electron chi connectivity index (χ3n) is 1.53. The molecule has 0 spiro atoms. The summed E-state index contributed by atoms with van der Waals surface area (Å²) in [6.07, 6.45) is 0. The fraction of sp³-hybridized carbons (Fsp3) is 0.222. The normalized spacial score (nSPS) is 8.93. The molecule has 1 rings (SSSR count). The summed E-state index contributed by atoms with van der Waals surface area (Å²) >= 11 is 5.35. The molecule has 0 N–H and O–H groups in total. The van der Waals surface area contributed by atoms with Gasteiger partial charge in [0.1, 0.15) is 0 Å². The summed E-state index contributed by atoms with van der Waals surface area (Å²) in [7, 11) is 1.42. The van der Waals surface area contributed by atoms with Crippen molar-refractivity contribution < 1.29 is 9.66 Å². The molecule has 0 atom stereocenters. The number of alkyl halides is 1. The van der Waals surface area contributed by atoms with Crippen LogP contribution in [0.3, 0.4) is 0 Å². The number of nitrogens with zero attached hydrogens (tertiary/aromatic N) is 2. The van der Waals surface area contributed by atoms with Crippen molar-refractivity contribution in [2.75, 3.05) is 13.0 Å². The molecule has 0 aliphatic heterocycles. The van der Waals surface area contributed by atoms with E-state index < -0.39 is 4.92 Å². The molecule has 0 fully saturated rings. The van der Waals surface area contributed by atoms with Crippen LogP contribution in [-0.2, 0) is 0 Å². The Balaban J connectivity index is 3.22. The molecule has 0 aliphatic rings. The van der Waals surface area contributed by atoms with E-state index in [0.717, 1.165) is 0 Å². The van der Waals surface area contributed by atoms with Gasteiger partial charge in [-0.15, -0.1) is 11.6 Å². The first-order valence-corrected chi connectivity index (χ1v) is 4.46. The van der Waals surface area contributed by atoms with Crippen LogP contribution in [0.25, 0.3) is 0 Å². The van der Waals surface area contributed by atoms with Crippen LogP contribution in [0.4, 0.5) is 5.69 Å². The maximum absolute atomic E-state index is 10.6. The highest BCUT2D eigenvalue weighted by atomic mass is 35.5. The van der Waals surface area contributed by atoms with E-state index in [9.17, 15) is 10.1 Å². The first-order chi connectivity index (χ1) is 7.19. The topological polar surface area (TPSA) is 65.3 Å². The fourth-order valence-corrected chi connectivity index (χ4v) is 0.971. The molecule has 0 bridgehead atoms. The Kier molecular flexibility index (Phi) is 3.89. The van der Waals surface area contributed by atoms with E-state index in [0.29, 0.717) is 0 Å². The van der Waals surface area contributed by atoms with Gasteiger partial charge in [0.05, 0.1) is 17.9 Å². The van der Waals surface area contributed by atoms with Gasteiger partial charge in [-0.1, -0.05) is 5.92 Å². The molecule has 0 amide bonds. The van der Waals surface area contributed by atoms with E-state index in [1.165, 1.54) is 19.2 Å². The van der Waals surface area contributed by atoms with Gasteiger partial charge in [-0.05, 0) is 5.92 Å². The minimum atomic E-state index is -0.551. The van der Waals surface area contributed by atoms with Crippen molar-refractivity contribution in [1.29, 1.82) is 0 Å². The monoisotopic (exact) mass is 226 g/mol. The molecule has 0 radical (unpaired) electrons. The highest BCUT2D eigenvalue weighted by Gasteiger charge is 2.14. The van der Waals surface area contributed by atoms with Crippen molar-refractivity contribution in [2.24, 2.45) is 0 Å². The zero-order chi connectivity index (χ0) is 11.3. The molecule has 0 saturated heterocycles. The predicted molar refractivity (Wildman–Crippen MR) is 55.0 cm³/mol. The van der Waals surface area contributed by atoms with Crippen LogP contribution < -0.4 is 4.74 Å². The van der Waals surface area contributed by atoms with Crippen molar-refractivity contribution >= 4 is 17.3 Å². The molecule has 1 aromatic heterocycles. The molecular formula is C9H7ClN2O3. The second kappa shape index (κ2) is 5.17. The Morgan fingerprint density at radius 2 is 2.40 bits per heavy atom. The van der Waals surface area contributed by atoms with Gasteiger partial charge in [0.25, 0.3) is 0 Å². The fourth-order valence-electron chi connectivity index (χ4n) is 0.904. The number of ether oxygens (including phenoxy) is 1. The van der Waals surface area contributed by atoms with Gasteiger partial charge < -0.3 is 4.74 Å². The van der Waals surface area contributed by atoms with Gasteiger partial charge in [0.15, 0.2) is 5.69 Å². The number of hydrogen-bond donors (Lipinski definition) is 0. The zero-order valence-corrected chi connectivity index (χ0v) is 8.61. The molecule has 15 heavy (non-hydrogen) atoms. The highest BCUT2D eigenvalue weighted by Crippen LogP contribution is 2.18. The first-order valence-electron chi connectivity index (χ1n) is 3.93. The second-order valence-electron chi connectivity index (χ2n) is 2.41. The Bertz CT molecular complexity index is 437. The molecule has 0 aliphatic carbocycles. The van der Waals surface area contributed by atoms with Gasteiger partial charge in [0, 0.05) is 12.1 Å². The van der Waals surface area contributed by atoms with E-state index in [2.05, 4.69) is 16.8 Å². The lowest BCUT2D eigenvalue weighted by Gasteiger charge is -1.99. The number of pyridine rings is 1. The summed E-state index contributed by atoms with van der Waals surface area (Å²) in [5.74, 6) is 5.38. The van der Waals surface area contributed by atoms with Crippen molar-refractivity contribution in [3.63, 3.8) is 0 Å². The first kappa shape index (κ1) is 11.3. The Hall–Kier alpha value is -1.80. The molecule has 1 aromatic rings. The number of nitro groups is 1. The molecule has 0 unspecified atom stereocenters. The molecule has 5 nitrogen and oxygen atoms in total. The lowest BCUT2D eigenvalue weighted by atomic mass is 10.3. The quantitative estimate of drug-likeness (QED) is 0.332. The average molecular weight is 227 g/mol. The molecule has 6 heteroatoms. The van der Waals surface area contributed by atoms with Crippen molar-refractivity contribution in [1.82, 2.24) is 4.98 Å². The highest BCUT2D eigenvalue weighted by molar-refractivity contribution is 6.19. The van der Waals surface area contributed by atoms with E-state index in [-0.39, 0.29) is 23.1 Å². The summed E-state index contributed by atoms with van der Waals surface area (Å²) in [5, 5.41) is 10.6. The van der Waals surface area contributed by atoms with Crippen molar-refractivity contribution in [3.8, 4) is 17.7 Å². The molecule has 78 valence electrons. The van der Waals surface area contributed by atoms with Crippen LogP contribution in [0.2, 0.25) is 0 Å². The number of methoxy groups -OCH3 is 1. The summed E-state index contributed by atoms with van der Waals surface area (Å²) in [6.45, 7) is 0. The number of halogens is 1. The second-order valence-corrected chi connectivity index (χ2v) is 2.68. The standard InChI is InChI=1S/C9H7ClN2O3/c1-15-9-5-4-8(12(13)14)7(11-9)3-2-6-10/h4-5H,6H2,1H3. The lowest BCUT2D eigenvalue weighted by Crippen LogP contribution is -1.97. The van der Waals surface area contributed by atoms with E-state index in [1.807, 2.05) is 0 Å². The van der Waals surface area contributed by atoms with Crippen LogP contribution in [0, 0.1) is 22.0 Å². The van der Waals surface area contributed by atoms with Crippen molar-refractivity contribution in [2.45, 2.75) is 0 Å². The van der Waals surface area contributed by atoms with Gasteiger partial charge in [-0.3, -0.25) is 10.1 Å². The minimum absolute atomic E-state index is 0.0556. The maximum atomic E-state index is 10.6. The molecular weight excluding hydrogens is 220 g/mol. The van der Waals surface area contributed by atoms with E-state index in [1.54, 1.807) is 0 Å². The van der Waals surface area contributed by atoms with Crippen LogP contribution in [0.5, 0.6) is 5.88 Å². The summed E-state index contributed by atoms with van der Waals surface area (Å²) in [4.78, 5) is 13.9. The van der Waals surface area contributed by atoms with Crippen LogP contribution in [0.1, 0.15) is 5.69 Å². The largest absolute Gasteiger partial charge is 0.481 e. The van der Waals surface area contributed by atoms with Gasteiger partial charge in [-0.25, -0.2) is 0 Å². The SMILES string of the molecule is COc1ccc([N+](=O)[O-])c(C#CCCl)n1. The van der Waals surface area contributed by atoms with Crippen LogP contribution in [0.15, 0.2) is 12.1 Å². The Morgan fingerprint density at radius 1 is 1.67 bits per heavy atom. The predicted octanol–water partition coefficient (Wildman–Crippen LogP) is 1.59. The third kappa shape index (κ3) is 2.82. The lowest BCUT2D eigenvalue weighted by molar-refractivity contribution is -0.385. The third-order valence-corrected chi connectivity index (χ3v) is 1.66. The summed E-state index contributed by atoms with van der Waals surface area (Å²) in [5.41, 5.74) is -0.103. The minimum Gasteiger partial charge on any atom is -0.481 e. The molecule has 1 heterocycles. The smallest absolute Gasteiger partial charge is 0.303 e. The summed E-state index contributed by atoms with van der Waals surface area (Å²) in [6, 6.07) is 2.70. The number of rotatable bonds is 2. The number of aromatic nitrogens is 1. The number of hydrogen-bond acceptors (Lipinski definition) is 4. The van der Waals surface area contributed by atoms with Gasteiger partial charge in [-0.2, -0.15) is 4.98 Å². The Labute approximate surface area is 91.2 Å². The van der Waals surface area contributed by atoms with Gasteiger partial charge in [0.2, 0.25) is 5.88 Å². The molecule has 0 saturated carbocycles. The van der Waals surface area contributed by atoms with Gasteiger partial charge >= 0.3 is 5.69 Å². The van der Waals surface area contributed by atoms with Crippen molar-refractivity contribution in [3.05, 3.63) is 27.9 Å². The summed E-state index contributed by atoms with van der Waals surface area (Å²) < 4.78 is 4.84. The molecule has 0 aromatic carbocycles. The van der Waals surface area contributed by atoms with Crippen LogP contribution >= 0.6 is 11.6 Å². The zero-order valence-electron chi connectivity index (χ0n) is 7.86. The van der Waals surface area contributed by atoms with E-state index in [4.69, 9.17) is 16.3 Å². The maximum Gasteiger partial charge on any atom is 0.303 e. The van der Waals surface area contributed by atoms with E-state index >= 15 is 0 Å². The Morgan fingerprint density at radius 3 is 2.93 bits per heavy atom. The average Bonchev–Trinajstić information content (AvgIpc) is 2.25. The van der Waals surface area contributed by atoms with Crippen LogP contribution in [-0.4, -0.2) is 22.9 Å².